The van der Waals surface area contributed by atoms with E-state index in [1.54, 1.807) is 16.7 Å². The quantitative estimate of drug-likeness (QED) is 0.670. The molecule has 0 saturated carbocycles. The van der Waals surface area contributed by atoms with Crippen LogP contribution in [0.4, 0.5) is 0 Å². The van der Waals surface area contributed by atoms with Gasteiger partial charge < -0.3 is 10.2 Å². The van der Waals surface area contributed by atoms with Crippen LogP contribution in [0.15, 0.2) is 65.8 Å². The first-order chi connectivity index (χ1) is 11.7. The summed E-state index contributed by atoms with van der Waals surface area (Å²) in [4.78, 5) is 10.9. The topological polar surface area (TPSA) is 88.2 Å². The standard InChI is InChI=1S/C17H15N3O3S/c21-14(22)11-24-17-19-18-16(15(23)12-7-3-1-4-8-12)20(17)13-9-5-2-6-10-13/h1-10,15,23H,11H2,(H,21,22)/t15-/m0/s1. The second kappa shape index (κ2) is 7.29. The Morgan fingerprint density at radius 2 is 1.67 bits per heavy atom. The summed E-state index contributed by atoms with van der Waals surface area (Å²) in [6.45, 7) is 0. The molecule has 0 amide bonds. The van der Waals surface area contributed by atoms with Gasteiger partial charge in [0.1, 0.15) is 6.10 Å². The van der Waals surface area contributed by atoms with Gasteiger partial charge in [0, 0.05) is 5.69 Å². The Morgan fingerprint density at radius 3 is 2.29 bits per heavy atom. The highest BCUT2D eigenvalue weighted by atomic mass is 32.2. The Labute approximate surface area is 142 Å². The molecule has 0 radical (unpaired) electrons. The molecule has 2 N–H and O–H groups in total. The molecule has 3 rings (SSSR count). The van der Waals surface area contributed by atoms with Crippen LogP contribution in [0, 0.1) is 0 Å². The van der Waals surface area contributed by atoms with Gasteiger partial charge >= 0.3 is 5.97 Å². The highest BCUT2D eigenvalue weighted by Gasteiger charge is 2.22. The second-order valence-electron chi connectivity index (χ2n) is 5.01. The number of nitrogens with zero attached hydrogens (tertiary/aromatic N) is 3. The van der Waals surface area contributed by atoms with E-state index in [1.807, 2.05) is 48.5 Å². The molecule has 3 aromatic rings. The minimum atomic E-state index is -0.960. The Bertz CT molecular complexity index is 822. The number of hydrogen-bond acceptors (Lipinski definition) is 5. The van der Waals surface area contributed by atoms with E-state index in [1.165, 1.54) is 0 Å². The molecule has 1 atom stereocenters. The summed E-state index contributed by atoms with van der Waals surface area (Å²) in [6, 6.07) is 18.5. The maximum atomic E-state index is 10.9. The van der Waals surface area contributed by atoms with Crippen LogP contribution in [0.5, 0.6) is 0 Å². The SMILES string of the molecule is O=C(O)CSc1nnc([C@@H](O)c2ccccc2)n1-c1ccccc1. The van der Waals surface area contributed by atoms with Crippen molar-refractivity contribution >= 4 is 17.7 Å². The van der Waals surface area contributed by atoms with Gasteiger partial charge in [-0.05, 0) is 17.7 Å². The third-order valence-corrected chi connectivity index (χ3v) is 4.27. The molecule has 6 nitrogen and oxygen atoms in total. The molecule has 0 aliphatic rings. The van der Waals surface area contributed by atoms with Crippen molar-refractivity contribution in [2.75, 3.05) is 5.75 Å². The van der Waals surface area contributed by atoms with Crippen LogP contribution in [0.2, 0.25) is 0 Å². The van der Waals surface area contributed by atoms with Crippen molar-refractivity contribution < 1.29 is 15.0 Å². The van der Waals surface area contributed by atoms with Crippen molar-refractivity contribution in [2.45, 2.75) is 11.3 Å². The molecule has 0 aliphatic carbocycles. The first-order valence-corrected chi connectivity index (χ1v) is 8.23. The minimum absolute atomic E-state index is 0.133. The summed E-state index contributed by atoms with van der Waals surface area (Å²) in [6.07, 6.45) is -0.960. The first-order valence-electron chi connectivity index (χ1n) is 7.25. The molecule has 0 saturated heterocycles. The number of carboxylic acids is 1. The van der Waals surface area contributed by atoms with E-state index >= 15 is 0 Å². The predicted molar refractivity (Wildman–Crippen MR) is 90.2 cm³/mol. The summed E-state index contributed by atoms with van der Waals surface area (Å²) in [5.74, 6) is -0.722. The lowest BCUT2D eigenvalue weighted by molar-refractivity contribution is -0.133. The lowest BCUT2D eigenvalue weighted by atomic mass is 10.1. The number of para-hydroxylation sites is 1. The number of thioether (sulfide) groups is 1. The number of aliphatic hydroxyl groups excluding tert-OH is 1. The van der Waals surface area contributed by atoms with Gasteiger partial charge in [-0.15, -0.1) is 10.2 Å². The van der Waals surface area contributed by atoms with Gasteiger partial charge in [0.05, 0.1) is 5.75 Å². The summed E-state index contributed by atoms with van der Waals surface area (Å²) in [5, 5.41) is 28.2. The molecule has 0 spiro atoms. The molecule has 122 valence electrons. The van der Waals surface area contributed by atoms with Crippen molar-refractivity contribution in [3.63, 3.8) is 0 Å². The lowest BCUT2D eigenvalue weighted by Crippen LogP contribution is -2.10. The Balaban J connectivity index is 2.04. The minimum Gasteiger partial charge on any atom is -0.481 e. The zero-order chi connectivity index (χ0) is 16.9. The normalized spacial score (nSPS) is 12.0. The highest BCUT2D eigenvalue weighted by molar-refractivity contribution is 7.99. The molecule has 24 heavy (non-hydrogen) atoms. The fourth-order valence-corrected chi connectivity index (χ4v) is 2.96. The van der Waals surface area contributed by atoms with Gasteiger partial charge in [-0.25, -0.2) is 0 Å². The van der Waals surface area contributed by atoms with Gasteiger partial charge in [-0.2, -0.15) is 0 Å². The van der Waals surface area contributed by atoms with Crippen LogP contribution in [0.25, 0.3) is 5.69 Å². The number of hydrogen-bond donors (Lipinski definition) is 2. The molecule has 0 fully saturated rings. The molecular formula is C17H15N3O3S. The average molecular weight is 341 g/mol. The molecule has 0 bridgehead atoms. The Kier molecular flexibility index (Phi) is 4.93. The van der Waals surface area contributed by atoms with E-state index in [9.17, 15) is 9.90 Å². The summed E-state index contributed by atoms with van der Waals surface area (Å²) < 4.78 is 1.69. The second-order valence-corrected chi connectivity index (χ2v) is 5.95. The first kappa shape index (κ1) is 16.2. The molecular weight excluding hydrogens is 326 g/mol. The average Bonchev–Trinajstić information content (AvgIpc) is 3.04. The predicted octanol–water partition coefficient (Wildman–Crippen LogP) is 2.53. The van der Waals surface area contributed by atoms with E-state index in [0.29, 0.717) is 16.5 Å². The molecule has 0 unspecified atom stereocenters. The molecule has 2 aromatic carbocycles. The summed E-state index contributed by atoms with van der Waals surface area (Å²) in [7, 11) is 0. The third kappa shape index (κ3) is 3.47. The van der Waals surface area contributed by atoms with Crippen molar-refractivity contribution in [3.8, 4) is 5.69 Å². The fraction of sp³-hybridized carbons (Fsp3) is 0.118. The smallest absolute Gasteiger partial charge is 0.313 e. The number of aromatic nitrogens is 3. The van der Waals surface area contributed by atoms with Gasteiger partial charge in [0.2, 0.25) is 0 Å². The highest BCUT2D eigenvalue weighted by Crippen LogP contribution is 2.28. The third-order valence-electron chi connectivity index (χ3n) is 3.36. The van der Waals surface area contributed by atoms with Crippen LogP contribution in [-0.2, 0) is 4.79 Å². The van der Waals surface area contributed by atoms with Gasteiger partial charge in [-0.1, -0.05) is 60.3 Å². The van der Waals surface area contributed by atoms with Crippen LogP contribution < -0.4 is 0 Å². The van der Waals surface area contributed by atoms with Gasteiger partial charge in [0.15, 0.2) is 11.0 Å². The number of aliphatic carboxylic acids is 1. The van der Waals surface area contributed by atoms with Crippen LogP contribution in [0.1, 0.15) is 17.5 Å². The van der Waals surface area contributed by atoms with Crippen molar-refractivity contribution in [2.24, 2.45) is 0 Å². The number of carboxylic acid groups (broad SMARTS) is 1. The summed E-state index contributed by atoms with van der Waals surface area (Å²) >= 11 is 1.06. The maximum Gasteiger partial charge on any atom is 0.313 e. The van der Waals surface area contributed by atoms with Crippen molar-refractivity contribution in [1.29, 1.82) is 0 Å². The lowest BCUT2D eigenvalue weighted by Gasteiger charge is -2.14. The number of carbonyl (C=O) groups is 1. The Morgan fingerprint density at radius 1 is 1.04 bits per heavy atom. The van der Waals surface area contributed by atoms with Gasteiger partial charge in [0.25, 0.3) is 0 Å². The van der Waals surface area contributed by atoms with Crippen LogP contribution in [-0.4, -0.2) is 36.7 Å². The zero-order valence-corrected chi connectivity index (χ0v) is 13.4. The van der Waals surface area contributed by atoms with Crippen molar-refractivity contribution in [3.05, 3.63) is 72.1 Å². The fourth-order valence-electron chi connectivity index (χ4n) is 2.28. The number of benzene rings is 2. The molecule has 7 heteroatoms. The number of aliphatic hydroxyl groups is 1. The van der Waals surface area contributed by atoms with E-state index in [2.05, 4.69) is 10.2 Å². The van der Waals surface area contributed by atoms with E-state index in [0.717, 1.165) is 17.4 Å². The summed E-state index contributed by atoms with van der Waals surface area (Å²) in [5.41, 5.74) is 1.46. The molecule has 0 aliphatic heterocycles. The monoisotopic (exact) mass is 341 g/mol. The van der Waals surface area contributed by atoms with Crippen molar-refractivity contribution in [1.82, 2.24) is 14.8 Å². The van der Waals surface area contributed by atoms with E-state index in [-0.39, 0.29) is 5.75 Å². The zero-order valence-electron chi connectivity index (χ0n) is 12.6. The van der Waals surface area contributed by atoms with Crippen LogP contribution >= 0.6 is 11.8 Å². The van der Waals surface area contributed by atoms with E-state index < -0.39 is 12.1 Å². The van der Waals surface area contributed by atoms with E-state index in [4.69, 9.17) is 5.11 Å². The maximum absolute atomic E-state index is 10.9. The van der Waals surface area contributed by atoms with Gasteiger partial charge in [-0.3, -0.25) is 9.36 Å². The Hall–Kier alpha value is -2.64. The molecule has 1 heterocycles. The van der Waals surface area contributed by atoms with Crippen LogP contribution in [0.3, 0.4) is 0 Å². The number of rotatable bonds is 6. The molecule has 1 aromatic heterocycles. The largest absolute Gasteiger partial charge is 0.481 e.